The van der Waals surface area contributed by atoms with Gasteiger partial charge in [0, 0.05) is 26.1 Å². The zero-order valence-electron chi connectivity index (χ0n) is 12.9. The van der Waals surface area contributed by atoms with Crippen LogP contribution in [0.25, 0.3) is 0 Å². The highest BCUT2D eigenvalue weighted by Gasteiger charge is 2.64. The van der Waals surface area contributed by atoms with Gasteiger partial charge in [0.25, 0.3) is 0 Å². The van der Waals surface area contributed by atoms with Crippen LogP contribution >= 0.6 is 0 Å². The maximum Gasteiger partial charge on any atom is 0.211 e. The number of aliphatic hydroxyl groups excluding tert-OH is 1. The number of rotatable bonds is 4. The molecule has 0 heterocycles. The van der Waals surface area contributed by atoms with Crippen molar-refractivity contribution in [2.75, 3.05) is 14.2 Å². The average Bonchev–Trinajstić information content (AvgIpc) is 2.90. The van der Waals surface area contributed by atoms with Crippen LogP contribution in [-0.2, 0) is 14.2 Å². The summed E-state index contributed by atoms with van der Waals surface area (Å²) in [4.78, 5) is 0. The molecule has 0 aromatic heterocycles. The van der Waals surface area contributed by atoms with E-state index in [4.69, 9.17) is 19.9 Å². The molecule has 5 nitrogen and oxygen atoms in total. The lowest BCUT2D eigenvalue weighted by Crippen LogP contribution is -2.40. The van der Waals surface area contributed by atoms with Crippen molar-refractivity contribution in [3.63, 3.8) is 0 Å². The number of aliphatic hydroxyl groups is 1. The molecule has 6 unspecified atom stereocenters. The van der Waals surface area contributed by atoms with Crippen LogP contribution in [0.3, 0.4) is 0 Å². The molecular formula is C16H27NO4. The lowest BCUT2D eigenvalue weighted by molar-refractivity contribution is -0.239. The summed E-state index contributed by atoms with van der Waals surface area (Å²) in [5.74, 6) is 1.57. The van der Waals surface area contributed by atoms with Crippen molar-refractivity contribution in [2.24, 2.45) is 29.4 Å². The normalized spacial score (nSPS) is 43.9. The fraction of sp³-hybridized carbons (Fsp3) is 0.875. The first-order chi connectivity index (χ1) is 10.1. The molecule has 2 saturated carbocycles. The molecule has 6 atom stereocenters. The van der Waals surface area contributed by atoms with Crippen molar-refractivity contribution in [1.82, 2.24) is 0 Å². The van der Waals surface area contributed by atoms with Gasteiger partial charge < -0.3 is 19.3 Å². The number of hydrogen-bond acceptors (Lipinski definition) is 5. The topological polar surface area (TPSA) is 73.9 Å². The zero-order valence-corrected chi connectivity index (χ0v) is 12.9. The number of hydrogen-bond donors (Lipinski definition) is 2. The molecule has 0 saturated heterocycles. The SMILES string of the molecule is COC1(OC)C2CCC1C1CC(OC(N)O)/C=C/CCC12. The van der Waals surface area contributed by atoms with Crippen molar-refractivity contribution >= 4 is 0 Å². The van der Waals surface area contributed by atoms with Crippen molar-refractivity contribution in [3.8, 4) is 0 Å². The fourth-order valence-corrected chi connectivity index (χ4v) is 5.26. The van der Waals surface area contributed by atoms with E-state index < -0.39 is 12.2 Å². The molecule has 21 heavy (non-hydrogen) atoms. The number of allylic oxidation sites excluding steroid dienone is 1. The van der Waals surface area contributed by atoms with Crippen LogP contribution in [0.5, 0.6) is 0 Å². The summed E-state index contributed by atoms with van der Waals surface area (Å²) in [6.07, 6.45) is 8.27. The van der Waals surface area contributed by atoms with E-state index in [1.807, 2.05) is 6.08 Å². The highest BCUT2D eigenvalue weighted by molar-refractivity contribution is 5.11. The van der Waals surface area contributed by atoms with Crippen molar-refractivity contribution in [2.45, 2.75) is 50.4 Å². The zero-order chi connectivity index (χ0) is 15.0. The summed E-state index contributed by atoms with van der Waals surface area (Å²) in [5, 5.41) is 9.31. The Kier molecular flexibility index (Phi) is 4.39. The van der Waals surface area contributed by atoms with Crippen LogP contribution in [0.4, 0.5) is 0 Å². The quantitative estimate of drug-likeness (QED) is 0.609. The van der Waals surface area contributed by atoms with Gasteiger partial charge in [-0.3, -0.25) is 5.73 Å². The predicted octanol–water partition coefficient (Wildman–Crippen LogP) is 1.61. The fourth-order valence-electron chi connectivity index (χ4n) is 5.26. The smallest absolute Gasteiger partial charge is 0.211 e. The van der Waals surface area contributed by atoms with Gasteiger partial charge in [-0.25, -0.2) is 0 Å². The third kappa shape index (κ3) is 2.45. The van der Waals surface area contributed by atoms with E-state index in [1.54, 1.807) is 14.2 Å². The predicted molar refractivity (Wildman–Crippen MR) is 78.0 cm³/mol. The molecule has 3 aliphatic carbocycles. The summed E-state index contributed by atoms with van der Waals surface area (Å²) in [6.45, 7) is 0. The van der Waals surface area contributed by atoms with Gasteiger partial charge in [-0.2, -0.15) is 0 Å². The van der Waals surface area contributed by atoms with Crippen LogP contribution in [0, 0.1) is 23.7 Å². The van der Waals surface area contributed by atoms with Crippen molar-refractivity contribution < 1.29 is 19.3 Å². The van der Waals surface area contributed by atoms with E-state index in [1.165, 1.54) is 12.8 Å². The Morgan fingerprint density at radius 1 is 1.14 bits per heavy atom. The molecule has 0 aromatic rings. The highest BCUT2D eigenvalue weighted by Crippen LogP contribution is 2.62. The van der Waals surface area contributed by atoms with Gasteiger partial charge in [-0.15, -0.1) is 0 Å². The first-order valence-electron chi connectivity index (χ1n) is 7.98. The van der Waals surface area contributed by atoms with Gasteiger partial charge in [0.1, 0.15) is 0 Å². The first kappa shape index (κ1) is 15.4. The summed E-state index contributed by atoms with van der Waals surface area (Å²) < 4.78 is 17.2. The molecule has 3 aliphatic rings. The molecule has 0 aliphatic heterocycles. The Balaban J connectivity index is 1.83. The van der Waals surface area contributed by atoms with Gasteiger partial charge >= 0.3 is 0 Å². The average molecular weight is 297 g/mol. The summed E-state index contributed by atoms with van der Waals surface area (Å²) in [5.41, 5.74) is 5.38. The molecule has 0 amide bonds. The molecule has 2 fully saturated rings. The molecular weight excluding hydrogens is 270 g/mol. The van der Waals surface area contributed by atoms with E-state index in [9.17, 15) is 5.11 Å². The Labute approximate surface area is 126 Å². The van der Waals surface area contributed by atoms with Gasteiger partial charge in [0.05, 0.1) is 6.10 Å². The number of ether oxygens (including phenoxy) is 3. The van der Waals surface area contributed by atoms with Gasteiger partial charge in [-0.1, -0.05) is 12.2 Å². The third-order valence-electron chi connectivity index (χ3n) is 5.88. The number of fused-ring (bicyclic) bond motifs is 5. The van der Waals surface area contributed by atoms with E-state index >= 15 is 0 Å². The molecule has 0 radical (unpaired) electrons. The first-order valence-corrected chi connectivity index (χ1v) is 7.98. The Morgan fingerprint density at radius 3 is 2.43 bits per heavy atom. The second-order valence-corrected chi connectivity index (χ2v) is 6.55. The van der Waals surface area contributed by atoms with Gasteiger partial charge in [-0.05, 0) is 43.9 Å². The van der Waals surface area contributed by atoms with Gasteiger partial charge in [0.15, 0.2) is 5.79 Å². The van der Waals surface area contributed by atoms with E-state index in [0.29, 0.717) is 23.7 Å². The van der Waals surface area contributed by atoms with Gasteiger partial charge in [0.2, 0.25) is 6.41 Å². The molecule has 3 rings (SSSR count). The minimum absolute atomic E-state index is 0.122. The molecule has 2 bridgehead atoms. The molecule has 3 N–H and O–H groups in total. The second kappa shape index (κ2) is 5.97. The van der Waals surface area contributed by atoms with E-state index in [2.05, 4.69) is 6.08 Å². The van der Waals surface area contributed by atoms with Crippen LogP contribution < -0.4 is 5.73 Å². The van der Waals surface area contributed by atoms with E-state index in [0.717, 1.165) is 19.3 Å². The van der Waals surface area contributed by atoms with Crippen LogP contribution in [0.1, 0.15) is 32.1 Å². The summed E-state index contributed by atoms with van der Waals surface area (Å²) >= 11 is 0. The molecule has 5 heteroatoms. The second-order valence-electron chi connectivity index (χ2n) is 6.55. The Hall–Kier alpha value is -0.460. The van der Waals surface area contributed by atoms with Crippen molar-refractivity contribution in [3.05, 3.63) is 12.2 Å². The maximum absolute atomic E-state index is 9.31. The molecule has 0 aromatic carbocycles. The lowest BCUT2D eigenvalue weighted by Gasteiger charge is -2.33. The molecule has 120 valence electrons. The lowest BCUT2D eigenvalue weighted by atomic mass is 9.73. The van der Waals surface area contributed by atoms with Crippen molar-refractivity contribution in [1.29, 1.82) is 0 Å². The minimum Gasteiger partial charge on any atom is -0.356 e. The Bertz CT molecular complexity index is 394. The summed E-state index contributed by atoms with van der Waals surface area (Å²) in [7, 11) is 3.54. The van der Waals surface area contributed by atoms with Crippen LogP contribution in [0.2, 0.25) is 0 Å². The highest BCUT2D eigenvalue weighted by atomic mass is 16.7. The monoisotopic (exact) mass is 297 g/mol. The number of methoxy groups -OCH3 is 2. The van der Waals surface area contributed by atoms with Crippen LogP contribution in [-0.4, -0.2) is 37.6 Å². The van der Waals surface area contributed by atoms with E-state index in [-0.39, 0.29) is 6.10 Å². The molecule has 0 spiro atoms. The maximum atomic E-state index is 9.31. The van der Waals surface area contributed by atoms with Crippen LogP contribution in [0.15, 0.2) is 12.2 Å². The number of nitrogens with two attached hydrogens (primary N) is 1. The summed E-state index contributed by atoms with van der Waals surface area (Å²) in [6, 6.07) is 0. The largest absolute Gasteiger partial charge is 0.356 e. The Morgan fingerprint density at radius 2 is 1.81 bits per heavy atom. The standard InChI is InChI=1S/C16H27NO4/c1-19-16(20-2)13-7-8-14(16)12-9-10(21-15(17)18)5-3-4-6-11(12)13/h3,5,10-15,18H,4,6-9,17H2,1-2H3/b5-3+. The third-order valence-corrected chi connectivity index (χ3v) is 5.88. The minimum atomic E-state index is -1.22.